The lowest BCUT2D eigenvalue weighted by molar-refractivity contribution is -0.122. The number of benzene rings is 1. The molecule has 2 N–H and O–H groups in total. The van der Waals surface area contributed by atoms with Gasteiger partial charge in [-0.25, -0.2) is 4.98 Å². The van der Waals surface area contributed by atoms with Crippen LogP contribution in [0.3, 0.4) is 0 Å². The van der Waals surface area contributed by atoms with Crippen LogP contribution < -0.4 is 0 Å². The second kappa shape index (κ2) is 7.24. The highest BCUT2D eigenvalue weighted by Crippen LogP contribution is 2.25. The van der Waals surface area contributed by atoms with Crippen molar-refractivity contribution in [3.05, 3.63) is 53.9 Å². The first kappa shape index (κ1) is 15.5. The maximum absolute atomic E-state index is 9.52. The summed E-state index contributed by atoms with van der Waals surface area (Å²) in [5.74, 6) is 0. The van der Waals surface area contributed by atoms with Crippen LogP contribution in [0.15, 0.2) is 42.7 Å². The number of carbonyl (C=O) groups is 1. The van der Waals surface area contributed by atoms with E-state index in [4.69, 9.17) is 9.90 Å². The highest BCUT2D eigenvalue weighted by Gasteiger charge is 2.09. The van der Waals surface area contributed by atoms with Gasteiger partial charge >= 0.3 is 0 Å². The standard InChI is InChI=1S/C15H13N3O.CH2O2/c1-10-2-3-11-7-13(9-19)15(18-14(11)6-10)12-4-5-16-17-8-12;2-1-3/h2-8,19H,9H2,1H3;1H,(H,2,3). The number of aryl methyl sites for hydroxylation is 1. The van der Waals surface area contributed by atoms with E-state index in [1.165, 1.54) is 0 Å². The largest absolute Gasteiger partial charge is 0.483 e. The molecule has 3 rings (SSSR count). The maximum atomic E-state index is 9.52. The van der Waals surface area contributed by atoms with Crippen LogP contribution in [0.5, 0.6) is 0 Å². The number of fused-ring (bicyclic) bond motifs is 1. The van der Waals surface area contributed by atoms with Crippen molar-refractivity contribution in [3.63, 3.8) is 0 Å². The number of hydrogen-bond acceptors (Lipinski definition) is 5. The molecule has 0 saturated heterocycles. The molecule has 0 unspecified atom stereocenters. The van der Waals surface area contributed by atoms with Gasteiger partial charge in [0.05, 0.1) is 30.2 Å². The number of hydrogen-bond donors (Lipinski definition) is 2. The fourth-order valence-corrected chi connectivity index (χ4v) is 2.12. The third-order valence-electron chi connectivity index (χ3n) is 3.08. The number of pyridine rings is 1. The molecule has 0 atom stereocenters. The van der Waals surface area contributed by atoms with Crippen molar-refractivity contribution >= 4 is 17.4 Å². The zero-order valence-corrected chi connectivity index (χ0v) is 12.0. The van der Waals surface area contributed by atoms with Gasteiger partial charge in [0, 0.05) is 16.5 Å². The van der Waals surface area contributed by atoms with Crippen LogP contribution in [0.25, 0.3) is 22.2 Å². The molecule has 0 fully saturated rings. The summed E-state index contributed by atoms with van der Waals surface area (Å²) >= 11 is 0. The fourth-order valence-electron chi connectivity index (χ4n) is 2.12. The molecule has 6 nitrogen and oxygen atoms in total. The van der Waals surface area contributed by atoms with Gasteiger partial charge in [-0.1, -0.05) is 12.1 Å². The number of aromatic nitrogens is 3. The van der Waals surface area contributed by atoms with E-state index in [0.29, 0.717) is 0 Å². The van der Waals surface area contributed by atoms with E-state index in [0.717, 1.165) is 33.3 Å². The van der Waals surface area contributed by atoms with Crippen LogP contribution in [-0.4, -0.2) is 31.9 Å². The molecule has 0 amide bonds. The second-order valence-electron chi connectivity index (χ2n) is 4.59. The molecule has 0 radical (unpaired) electrons. The molecule has 0 bridgehead atoms. The number of carboxylic acid groups (broad SMARTS) is 1. The minimum absolute atomic E-state index is 0.0472. The van der Waals surface area contributed by atoms with Gasteiger partial charge in [-0.15, -0.1) is 0 Å². The molecular weight excluding hydrogens is 282 g/mol. The molecule has 0 saturated carbocycles. The van der Waals surface area contributed by atoms with E-state index >= 15 is 0 Å². The van der Waals surface area contributed by atoms with Gasteiger partial charge in [-0.3, -0.25) is 4.79 Å². The predicted molar refractivity (Wildman–Crippen MR) is 82.1 cm³/mol. The van der Waals surface area contributed by atoms with Gasteiger partial charge in [-0.2, -0.15) is 10.2 Å². The number of aliphatic hydroxyl groups excluding tert-OH is 1. The molecule has 0 aliphatic carbocycles. The van der Waals surface area contributed by atoms with Crippen molar-refractivity contribution in [1.29, 1.82) is 0 Å². The topological polar surface area (TPSA) is 96.2 Å². The first-order valence-electron chi connectivity index (χ1n) is 6.55. The summed E-state index contributed by atoms with van der Waals surface area (Å²) in [5, 5.41) is 25.1. The van der Waals surface area contributed by atoms with Crippen molar-refractivity contribution in [3.8, 4) is 11.3 Å². The summed E-state index contributed by atoms with van der Waals surface area (Å²) in [4.78, 5) is 13.0. The molecule has 0 aliphatic rings. The van der Waals surface area contributed by atoms with Crippen molar-refractivity contribution in [2.45, 2.75) is 13.5 Å². The van der Waals surface area contributed by atoms with Gasteiger partial charge in [0.1, 0.15) is 0 Å². The zero-order valence-electron chi connectivity index (χ0n) is 12.0. The summed E-state index contributed by atoms with van der Waals surface area (Å²) in [6, 6.07) is 9.91. The maximum Gasteiger partial charge on any atom is 0.290 e. The molecule has 0 spiro atoms. The van der Waals surface area contributed by atoms with Gasteiger partial charge in [0.25, 0.3) is 6.47 Å². The molecule has 1 aromatic carbocycles. The van der Waals surface area contributed by atoms with E-state index in [9.17, 15) is 5.11 Å². The van der Waals surface area contributed by atoms with Gasteiger partial charge in [0.2, 0.25) is 0 Å². The minimum Gasteiger partial charge on any atom is -0.483 e. The normalized spacial score (nSPS) is 9.91. The Morgan fingerprint density at radius 2 is 1.95 bits per heavy atom. The van der Waals surface area contributed by atoms with Crippen LogP contribution in [0.1, 0.15) is 11.1 Å². The quantitative estimate of drug-likeness (QED) is 0.704. The highest BCUT2D eigenvalue weighted by molar-refractivity contribution is 5.83. The third kappa shape index (κ3) is 3.42. The highest BCUT2D eigenvalue weighted by atomic mass is 16.3. The van der Waals surface area contributed by atoms with Crippen LogP contribution in [-0.2, 0) is 11.4 Å². The van der Waals surface area contributed by atoms with Crippen LogP contribution in [0.2, 0.25) is 0 Å². The molecule has 0 aliphatic heterocycles. The lowest BCUT2D eigenvalue weighted by atomic mass is 10.0. The van der Waals surface area contributed by atoms with E-state index in [1.54, 1.807) is 12.4 Å². The Kier molecular flexibility index (Phi) is 5.11. The minimum atomic E-state index is -0.250. The SMILES string of the molecule is Cc1ccc2cc(CO)c(-c3ccnnc3)nc2c1.O=CO. The predicted octanol–water partition coefficient (Wildman–Crippen LogP) is 2.19. The Bertz CT molecular complexity index is 776. The monoisotopic (exact) mass is 297 g/mol. The van der Waals surface area contributed by atoms with Gasteiger partial charge in [0.15, 0.2) is 0 Å². The second-order valence-corrected chi connectivity index (χ2v) is 4.59. The van der Waals surface area contributed by atoms with E-state index in [2.05, 4.69) is 15.2 Å². The van der Waals surface area contributed by atoms with Gasteiger partial charge < -0.3 is 10.2 Å². The van der Waals surface area contributed by atoms with Crippen LogP contribution in [0.4, 0.5) is 0 Å². The average molecular weight is 297 g/mol. The molecular formula is C16H15N3O3. The zero-order chi connectivity index (χ0) is 15.9. The Balaban J connectivity index is 0.000000545. The fraction of sp³-hybridized carbons (Fsp3) is 0.125. The third-order valence-corrected chi connectivity index (χ3v) is 3.08. The van der Waals surface area contributed by atoms with Crippen molar-refractivity contribution in [1.82, 2.24) is 15.2 Å². The molecule has 6 heteroatoms. The summed E-state index contributed by atoms with van der Waals surface area (Å²) in [7, 11) is 0. The Hall–Kier alpha value is -2.86. The molecule has 3 aromatic rings. The summed E-state index contributed by atoms with van der Waals surface area (Å²) < 4.78 is 0. The first-order valence-corrected chi connectivity index (χ1v) is 6.55. The lowest BCUT2D eigenvalue weighted by Crippen LogP contribution is -1.95. The number of nitrogens with zero attached hydrogens (tertiary/aromatic N) is 3. The Morgan fingerprint density at radius 3 is 2.59 bits per heavy atom. The molecule has 112 valence electrons. The smallest absolute Gasteiger partial charge is 0.290 e. The Morgan fingerprint density at radius 1 is 1.18 bits per heavy atom. The van der Waals surface area contributed by atoms with E-state index in [-0.39, 0.29) is 13.1 Å². The van der Waals surface area contributed by atoms with Crippen LogP contribution >= 0.6 is 0 Å². The molecule has 2 aromatic heterocycles. The van der Waals surface area contributed by atoms with E-state index < -0.39 is 0 Å². The summed E-state index contributed by atoms with van der Waals surface area (Å²) in [6.45, 7) is 1.74. The lowest BCUT2D eigenvalue weighted by Gasteiger charge is -2.09. The molecule has 2 heterocycles. The van der Waals surface area contributed by atoms with Crippen molar-refractivity contribution in [2.24, 2.45) is 0 Å². The molecule has 22 heavy (non-hydrogen) atoms. The first-order chi connectivity index (χ1) is 10.7. The number of aliphatic hydroxyl groups is 1. The van der Waals surface area contributed by atoms with E-state index in [1.807, 2.05) is 37.3 Å². The summed E-state index contributed by atoms with van der Waals surface area (Å²) in [6.07, 6.45) is 3.28. The van der Waals surface area contributed by atoms with Crippen LogP contribution in [0, 0.1) is 6.92 Å². The number of rotatable bonds is 2. The van der Waals surface area contributed by atoms with Crippen molar-refractivity contribution in [2.75, 3.05) is 0 Å². The average Bonchev–Trinajstić information content (AvgIpc) is 2.55. The van der Waals surface area contributed by atoms with Gasteiger partial charge in [-0.05, 0) is 30.7 Å². The summed E-state index contributed by atoms with van der Waals surface area (Å²) in [5.41, 5.74) is 4.50. The van der Waals surface area contributed by atoms with Crippen molar-refractivity contribution < 1.29 is 15.0 Å². The Labute approximate surface area is 127 Å².